The van der Waals surface area contributed by atoms with Crippen LogP contribution in [0.1, 0.15) is 31.2 Å². The highest BCUT2D eigenvalue weighted by atomic mass is 79.9. The lowest BCUT2D eigenvalue weighted by Crippen LogP contribution is -2.37. The minimum Gasteiger partial charge on any atom is -0.351 e. The molecule has 0 spiro atoms. The summed E-state index contributed by atoms with van der Waals surface area (Å²) in [6.07, 6.45) is 5.09. The van der Waals surface area contributed by atoms with Crippen molar-refractivity contribution in [1.82, 2.24) is 35.3 Å². The third kappa shape index (κ3) is 3.95. The summed E-state index contributed by atoms with van der Waals surface area (Å²) < 4.78 is 2.56. The predicted molar refractivity (Wildman–Crippen MR) is 127 cm³/mol. The summed E-state index contributed by atoms with van der Waals surface area (Å²) in [6, 6.07) is 8.47. The monoisotopic (exact) mass is 498 g/mol. The summed E-state index contributed by atoms with van der Waals surface area (Å²) in [4.78, 5) is 9.33. The molecule has 0 radical (unpaired) electrons. The van der Waals surface area contributed by atoms with Crippen molar-refractivity contribution in [3.63, 3.8) is 0 Å². The fourth-order valence-corrected chi connectivity index (χ4v) is 5.19. The Morgan fingerprint density at radius 2 is 2.03 bits per heavy atom. The van der Waals surface area contributed by atoms with Gasteiger partial charge in [0, 0.05) is 23.3 Å². The zero-order valence-electron chi connectivity index (χ0n) is 17.6. The molecule has 31 heavy (non-hydrogen) atoms. The van der Waals surface area contributed by atoms with Crippen LogP contribution in [-0.4, -0.2) is 48.6 Å². The van der Waals surface area contributed by atoms with E-state index in [4.69, 9.17) is 4.98 Å². The Morgan fingerprint density at radius 1 is 1.23 bits per heavy atom. The maximum absolute atomic E-state index is 4.80. The molecule has 3 aromatic heterocycles. The summed E-state index contributed by atoms with van der Waals surface area (Å²) in [5, 5.41) is 22.6. The van der Waals surface area contributed by atoms with Gasteiger partial charge in [0.15, 0.2) is 5.65 Å². The van der Waals surface area contributed by atoms with Crippen LogP contribution in [0.5, 0.6) is 0 Å². The molecule has 2 N–H and O–H groups in total. The molecule has 10 heteroatoms. The molecule has 0 aliphatic heterocycles. The molecular weight excluding hydrogens is 476 g/mol. The van der Waals surface area contributed by atoms with E-state index in [0.29, 0.717) is 12.0 Å². The first kappa shape index (κ1) is 20.5. The summed E-state index contributed by atoms with van der Waals surface area (Å²) in [5.41, 5.74) is 2.89. The number of hydrogen-bond donors (Lipinski definition) is 2. The van der Waals surface area contributed by atoms with E-state index < -0.39 is 0 Å². The van der Waals surface area contributed by atoms with Crippen LogP contribution in [0.4, 0.5) is 5.95 Å². The van der Waals surface area contributed by atoms with Crippen LogP contribution >= 0.6 is 27.3 Å². The van der Waals surface area contributed by atoms with Crippen molar-refractivity contribution in [3.05, 3.63) is 40.1 Å². The Kier molecular flexibility index (Phi) is 5.23. The molecule has 4 aromatic rings. The van der Waals surface area contributed by atoms with Gasteiger partial charge in [0.05, 0.1) is 11.1 Å². The SMILES string of the molecule is CN[C@]1(C)CC[C@@H](Nc2ncc3c(Br)nn(-c4ccc(-c5nnc(C)s5)cc4)c3n2)C1. The Hall–Kier alpha value is -2.43. The highest BCUT2D eigenvalue weighted by Gasteiger charge is 2.34. The fraction of sp³-hybridized carbons (Fsp3) is 0.381. The van der Waals surface area contributed by atoms with E-state index in [1.165, 1.54) is 0 Å². The Morgan fingerprint density at radius 3 is 2.71 bits per heavy atom. The number of nitrogens with zero attached hydrogens (tertiary/aromatic N) is 6. The van der Waals surface area contributed by atoms with Crippen LogP contribution in [0.25, 0.3) is 27.3 Å². The first-order valence-corrected chi connectivity index (χ1v) is 11.8. The summed E-state index contributed by atoms with van der Waals surface area (Å²) in [5.74, 6) is 0.632. The van der Waals surface area contributed by atoms with Gasteiger partial charge in [-0.2, -0.15) is 10.1 Å². The molecule has 8 nitrogen and oxygen atoms in total. The number of halogens is 1. The fourth-order valence-electron chi connectivity index (χ4n) is 4.05. The molecule has 2 atom stereocenters. The van der Waals surface area contributed by atoms with Crippen molar-refractivity contribution in [2.24, 2.45) is 0 Å². The third-order valence-electron chi connectivity index (χ3n) is 5.94. The first-order chi connectivity index (χ1) is 14.9. The molecule has 3 heterocycles. The van der Waals surface area contributed by atoms with E-state index in [1.807, 2.05) is 49.1 Å². The largest absolute Gasteiger partial charge is 0.351 e. The highest BCUT2D eigenvalue weighted by Crippen LogP contribution is 2.32. The average Bonchev–Trinajstić information content (AvgIpc) is 3.46. The average molecular weight is 499 g/mol. The van der Waals surface area contributed by atoms with Crippen molar-refractivity contribution >= 4 is 44.2 Å². The lowest BCUT2D eigenvalue weighted by atomic mass is 10.0. The number of aromatic nitrogens is 6. The smallest absolute Gasteiger partial charge is 0.224 e. The van der Waals surface area contributed by atoms with Crippen molar-refractivity contribution in [2.45, 2.75) is 44.7 Å². The van der Waals surface area contributed by atoms with E-state index in [0.717, 1.165) is 56.2 Å². The predicted octanol–water partition coefficient (Wildman–Crippen LogP) is 4.35. The van der Waals surface area contributed by atoms with E-state index in [9.17, 15) is 0 Å². The van der Waals surface area contributed by atoms with E-state index in [1.54, 1.807) is 11.3 Å². The van der Waals surface area contributed by atoms with Gasteiger partial charge in [-0.1, -0.05) is 11.3 Å². The quantitative estimate of drug-likeness (QED) is 0.422. The Labute approximate surface area is 192 Å². The highest BCUT2D eigenvalue weighted by molar-refractivity contribution is 9.10. The van der Waals surface area contributed by atoms with Gasteiger partial charge in [-0.15, -0.1) is 10.2 Å². The minimum absolute atomic E-state index is 0.166. The summed E-state index contributed by atoms with van der Waals surface area (Å²) in [7, 11) is 2.03. The van der Waals surface area contributed by atoms with Gasteiger partial charge in [0.1, 0.15) is 14.6 Å². The molecule has 5 rings (SSSR count). The van der Waals surface area contributed by atoms with Crippen LogP contribution in [0.3, 0.4) is 0 Å². The Balaban J connectivity index is 1.44. The van der Waals surface area contributed by atoms with Crippen LogP contribution < -0.4 is 10.6 Å². The number of nitrogens with one attached hydrogen (secondary N) is 2. The number of anilines is 1. The molecule has 0 unspecified atom stereocenters. The van der Waals surface area contributed by atoms with Gasteiger partial charge in [-0.05, 0) is 80.4 Å². The van der Waals surface area contributed by atoms with E-state index in [2.05, 4.69) is 53.8 Å². The van der Waals surface area contributed by atoms with E-state index in [-0.39, 0.29) is 5.54 Å². The second-order valence-electron chi connectivity index (χ2n) is 8.20. The molecule has 1 saturated carbocycles. The molecule has 1 fully saturated rings. The summed E-state index contributed by atoms with van der Waals surface area (Å²) >= 11 is 5.13. The van der Waals surface area contributed by atoms with Crippen LogP contribution in [0.15, 0.2) is 35.1 Å². The van der Waals surface area contributed by atoms with Gasteiger partial charge in [0.2, 0.25) is 5.95 Å². The number of rotatable bonds is 5. The van der Waals surface area contributed by atoms with Crippen molar-refractivity contribution < 1.29 is 0 Å². The Bertz CT molecular complexity index is 1230. The molecule has 0 saturated heterocycles. The number of benzene rings is 1. The van der Waals surface area contributed by atoms with Crippen molar-refractivity contribution in [2.75, 3.05) is 12.4 Å². The molecule has 1 aromatic carbocycles. The number of aryl methyl sites for hydroxylation is 1. The zero-order valence-corrected chi connectivity index (χ0v) is 20.0. The normalized spacial score (nSPS) is 21.1. The molecule has 160 valence electrons. The van der Waals surface area contributed by atoms with Crippen LogP contribution in [0.2, 0.25) is 0 Å². The van der Waals surface area contributed by atoms with Gasteiger partial charge in [-0.25, -0.2) is 9.67 Å². The lowest BCUT2D eigenvalue weighted by Gasteiger charge is -2.23. The lowest BCUT2D eigenvalue weighted by molar-refractivity contribution is 0.394. The summed E-state index contributed by atoms with van der Waals surface area (Å²) in [6.45, 7) is 4.22. The zero-order chi connectivity index (χ0) is 21.6. The molecule has 0 bridgehead atoms. The van der Waals surface area contributed by atoms with Gasteiger partial charge < -0.3 is 10.6 Å². The second-order valence-corrected chi connectivity index (χ2v) is 10.1. The van der Waals surface area contributed by atoms with Crippen LogP contribution in [0, 0.1) is 6.92 Å². The van der Waals surface area contributed by atoms with Crippen molar-refractivity contribution in [3.8, 4) is 16.3 Å². The van der Waals surface area contributed by atoms with Crippen molar-refractivity contribution in [1.29, 1.82) is 0 Å². The molecular formula is C21H23BrN8S. The standard InChI is InChI=1S/C21H23BrN8S/c1-12-27-28-19(31-12)13-4-6-15(7-5-13)30-18-16(17(22)29-30)11-24-20(26-18)25-14-8-9-21(2,10-14)23-3/h4-7,11,14,23H,8-10H2,1-3H3,(H,24,25,26)/t14-,21-/m1/s1. The maximum atomic E-state index is 4.80. The topological polar surface area (TPSA) is 93.4 Å². The van der Waals surface area contributed by atoms with Gasteiger partial charge >= 0.3 is 0 Å². The molecule has 0 amide bonds. The van der Waals surface area contributed by atoms with Gasteiger partial charge in [-0.3, -0.25) is 0 Å². The third-order valence-corrected chi connectivity index (χ3v) is 7.42. The first-order valence-electron chi connectivity index (χ1n) is 10.2. The molecule has 1 aliphatic rings. The second kappa shape index (κ2) is 7.92. The minimum atomic E-state index is 0.166. The number of fused-ring (bicyclic) bond motifs is 1. The van der Waals surface area contributed by atoms with E-state index >= 15 is 0 Å². The van der Waals surface area contributed by atoms with Gasteiger partial charge in [0.25, 0.3) is 0 Å². The number of hydrogen-bond acceptors (Lipinski definition) is 8. The van der Waals surface area contributed by atoms with Crippen LogP contribution in [-0.2, 0) is 0 Å². The molecule has 1 aliphatic carbocycles. The maximum Gasteiger partial charge on any atom is 0.224 e.